The minimum atomic E-state index is -3.29. The molecule has 1 heterocycles. The van der Waals surface area contributed by atoms with Crippen LogP contribution in [0.15, 0.2) is 82.1 Å². The highest BCUT2D eigenvalue weighted by molar-refractivity contribution is 7.90. The molecule has 0 saturated carbocycles. The van der Waals surface area contributed by atoms with Crippen LogP contribution in [0.2, 0.25) is 10.0 Å². The summed E-state index contributed by atoms with van der Waals surface area (Å²) in [6.45, 7) is 0. The Balaban J connectivity index is 1.81. The SMILES string of the molecule is CS(=O)(=O)c1ccc(-c2oc(Cc3ccccc3)nc2-c2ccc(Cl)c(Cl)c2)cc1. The van der Waals surface area contributed by atoms with E-state index in [1.807, 2.05) is 36.4 Å². The summed E-state index contributed by atoms with van der Waals surface area (Å²) in [4.78, 5) is 4.95. The standard InChI is InChI=1S/C23H17Cl2NO3S/c1-30(27,28)18-10-7-16(8-11-18)23-22(17-9-12-19(24)20(25)14-17)26-21(29-23)13-15-5-3-2-4-6-15/h2-12,14H,13H2,1H3. The van der Waals surface area contributed by atoms with E-state index in [-0.39, 0.29) is 4.90 Å². The van der Waals surface area contributed by atoms with Crippen molar-refractivity contribution < 1.29 is 12.8 Å². The normalized spacial score (nSPS) is 11.6. The maximum Gasteiger partial charge on any atom is 0.199 e. The van der Waals surface area contributed by atoms with Crippen LogP contribution in [0.4, 0.5) is 0 Å². The molecule has 0 bridgehead atoms. The average Bonchev–Trinajstić information content (AvgIpc) is 3.14. The molecule has 1 aromatic heterocycles. The van der Waals surface area contributed by atoms with Crippen LogP contribution in [0.5, 0.6) is 0 Å². The number of aromatic nitrogens is 1. The first-order chi connectivity index (χ1) is 14.3. The number of sulfone groups is 1. The van der Waals surface area contributed by atoms with Crippen LogP contribution in [0.25, 0.3) is 22.6 Å². The van der Waals surface area contributed by atoms with Crippen molar-refractivity contribution in [2.45, 2.75) is 11.3 Å². The lowest BCUT2D eigenvalue weighted by Gasteiger charge is -2.04. The van der Waals surface area contributed by atoms with Crippen LogP contribution >= 0.6 is 23.2 Å². The second kappa shape index (κ2) is 8.26. The molecule has 0 unspecified atom stereocenters. The van der Waals surface area contributed by atoms with E-state index < -0.39 is 9.84 Å². The maximum absolute atomic E-state index is 11.8. The van der Waals surface area contributed by atoms with Gasteiger partial charge in [0.15, 0.2) is 21.5 Å². The molecule has 0 N–H and O–H groups in total. The highest BCUT2D eigenvalue weighted by atomic mass is 35.5. The Morgan fingerprint density at radius 3 is 2.17 bits per heavy atom. The lowest BCUT2D eigenvalue weighted by atomic mass is 10.1. The summed E-state index contributed by atoms with van der Waals surface area (Å²) in [6.07, 6.45) is 1.70. The minimum Gasteiger partial charge on any atom is -0.440 e. The number of nitrogens with zero attached hydrogens (tertiary/aromatic N) is 1. The van der Waals surface area contributed by atoms with Gasteiger partial charge in [0.05, 0.1) is 14.9 Å². The van der Waals surface area contributed by atoms with Gasteiger partial charge in [-0.1, -0.05) is 59.6 Å². The maximum atomic E-state index is 11.8. The van der Waals surface area contributed by atoms with Crippen molar-refractivity contribution in [1.82, 2.24) is 4.98 Å². The van der Waals surface area contributed by atoms with Crippen molar-refractivity contribution in [2.24, 2.45) is 0 Å². The summed E-state index contributed by atoms with van der Waals surface area (Å²) >= 11 is 12.3. The third-order valence-electron chi connectivity index (χ3n) is 4.61. The van der Waals surface area contributed by atoms with E-state index in [1.54, 1.807) is 36.4 Å². The van der Waals surface area contributed by atoms with E-state index >= 15 is 0 Å². The Labute approximate surface area is 185 Å². The van der Waals surface area contributed by atoms with Crippen molar-refractivity contribution in [3.05, 3.63) is 94.3 Å². The van der Waals surface area contributed by atoms with Gasteiger partial charge in [-0.25, -0.2) is 13.4 Å². The van der Waals surface area contributed by atoms with Crippen molar-refractivity contribution >= 4 is 33.0 Å². The smallest absolute Gasteiger partial charge is 0.199 e. The predicted molar refractivity (Wildman–Crippen MR) is 120 cm³/mol. The molecule has 0 saturated heterocycles. The lowest BCUT2D eigenvalue weighted by Crippen LogP contribution is -1.96. The molecule has 0 spiro atoms. The summed E-state index contributed by atoms with van der Waals surface area (Å²) in [5.74, 6) is 1.09. The van der Waals surface area contributed by atoms with Gasteiger partial charge in [0.1, 0.15) is 5.69 Å². The number of halogens is 2. The number of hydrogen-bond donors (Lipinski definition) is 0. The third-order valence-corrected chi connectivity index (χ3v) is 6.47. The quantitative estimate of drug-likeness (QED) is 0.352. The summed E-state index contributed by atoms with van der Waals surface area (Å²) in [7, 11) is -3.29. The Morgan fingerprint density at radius 1 is 0.867 bits per heavy atom. The van der Waals surface area contributed by atoms with Crippen LogP contribution in [0.3, 0.4) is 0 Å². The van der Waals surface area contributed by atoms with E-state index in [1.165, 1.54) is 6.26 Å². The largest absolute Gasteiger partial charge is 0.440 e. The van der Waals surface area contributed by atoms with Crippen molar-refractivity contribution in [3.8, 4) is 22.6 Å². The van der Waals surface area contributed by atoms with E-state index in [0.29, 0.717) is 33.8 Å². The molecule has 4 rings (SSSR count). The molecular weight excluding hydrogens is 441 g/mol. The molecular formula is C23H17Cl2NO3S. The zero-order chi connectivity index (χ0) is 21.3. The van der Waals surface area contributed by atoms with Crippen LogP contribution < -0.4 is 0 Å². The molecule has 4 aromatic rings. The minimum absolute atomic E-state index is 0.242. The van der Waals surface area contributed by atoms with E-state index in [2.05, 4.69) is 0 Å². The molecule has 0 amide bonds. The molecule has 0 radical (unpaired) electrons. The van der Waals surface area contributed by atoms with Crippen molar-refractivity contribution in [2.75, 3.05) is 6.26 Å². The van der Waals surface area contributed by atoms with Crippen LogP contribution in [0.1, 0.15) is 11.5 Å². The fourth-order valence-electron chi connectivity index (χ4n) is 3.10. The molecule has 4 nitrogen and oxygen atoms in total. The van der Waals surface area contributed by atoms with Crippen LogP contribution in [0, 0.1) is 0 Å². The summed E-state index contributed by atoms with van der Waals surface area (Å²) < 4.78 is 29.7. The Kier molecular flexibility index (Phi) is 5.69. The Bertz CT molecular complexity index is 1300. The molecule has 30 heavy (non-hydrogen) atoms. The molecule has 7 heteroatoms. The van der Waals surface area contributed by atoms with Gasteiger partial charge in [0.25, 0.3) is 0 Å². The molecule has 0 aliphatic rings. The van der Waals surface area contributed by atoms with E-state index in [0.717, 1.165) is 16.7 Å². The fourth-order valence-corrected chi connectivity index (χ4v) is 4.03. The molecule has 152 valence electrons. The van der Waals surface area contributed by atoms with Gasteiger partial charge < -0.3 is 4.42 Å². The summed E-state index contributed by atoms with van der Waals surface area (Å²) in [5.41, 5.74) is 3.16. The molecule has 0 atom stereocenters. The number of rotatable bonds is 5. The zero-order valence-electron chi connectivity index (χ0n) is 16.0. The first-order valence-electron chi connectivity index (χ1n) is 9.11. The first kappa shape index (κ1) is 20.7. The number of benzene rings is 3. The van der Waals surface area contributed by atoms with Gasteiger partial charge in [-0.3, -0.25) is 0 Å². The molecule has 3 aromatic carbocycles. The second-order valence-corrected chi connectivity index (χ2v) is 9.70. The lowest BCUT2D eigenvalue weighted by molar-refractivity contribution is 0.519. The topological polar surface area (TPSA) is 60.2 Å². The predicted octanol–water partition coefficient (Wildman–Crippen LogP) is 6.31. The summed E-state index contributed by atoms with van der Waals surface area (Å²) in [5, 5.41) is 0.868. The zero-order valence-corrected chi connectivity index (χ0v) is 18.3. The van der Waals surface area contributed by atoms with E-state index in [4.69, 9.17) is 32.6 Å². The molecule has 0 fully saturated rings. The monoisotopic (exact) mass is 457 g/mol. The fraction of sp³-hybridized carbons (Fsp3) is 0.0870. The summed E-state index contributed by atoms with van der Waals surface area (Å²) in [6, 6.07) is 21.7. The average molecular weight is 458 g/mol. The molecule has 0 aliphatic heterocycles. The Hall–Kier alpha value is -2.60. The third kappa shape index (κ3) is 4.43. The van der Waals surface area contributed by atoms with Crippen molar-refractivity contribution in [3.63, 3.8) is 0 Å². The molecule has 0 aliphatic carbocycles. The van der Waals surface area contributed by atoms with Crippen LogP contribution in [-0.4, -0.2) is 19.7 Å². The van der Waals surface area contributed by atoms with Crippen molar-refractivity contribution in [1.29, 1.82) is 0 Å². The van der Waals surface area contributed by atoms with Gasteiger partial charge in [-0.2, -0.15) is 0 Å². The number of oxazole rings is 1. The van der Waals surface area contributed by atoms with Gasteiger partial charge in [-0.15, -0.1) is 0 Å². The van der Waals surface area contributed by atoms with Crippen LogP contribution in [-0.2, 0) is 16.3 Å². The van der Waals surface area contributed by atoms with Gasteiger partial charge >= 0.3 is 0 Å². The number of hydrogen-bond acceptors (Lipinski definition) is 4. The van der Waals surface area contributed by atoms with Gasteiger partial charge in [0.2, 0.25) is 0 Å². The van der Waals surface area contributed by atoms with Gasteiger partial charge in [0, 0.05) is 23.8 Å². The highest BCUT2D eigenvalue weighted by Gasteiger charge is 2.19. The second-order valence-electron chi connectivity index (χ2n) is 6.87. The van der Waals surface area contributed by atoms with Gasteiger partial charge in [-0.05, 0) is 42.0 Å². The first-order valence-corrected chi connectivity index (χ1v) is 11.8. The highest BCUT2D eigenvalue weighted by Crippen LogP contribution is 2.36. The Morgan fingerprint density at radius 2 is 1.53 bits per heavy atom. The van der Waals surface area contributed by atoms with E-state index in [9.17, 15) is 8.42 Å².